The first-order valence-corrected chi connectivity index (χ1v) is 11.3. The lowest BCUT2D eigenvalue weighted by molar-refractivity contribution is 0.0260. The van der Waals surface area contributed by atoms with Crippen LogP contribution in [0.3, 0.4) is 0 Å². The summed E-state index contributed by atoms with van der Waals surface area (Å²) in [5.74, 6) is -2.26. The molecule has 4 aromatic rings. The van der Waals surface area contributed by atoms with E-state index in [4.69, 9.17) is 14.9 Å². The fraction of sp³-hybridized carbons (Fsp3) is 0.348. The summed E-state index contributed by atoms with van der Waals surface area (Å²) in [6.07, 6.45) is 9.78. The van der Waals surface area contributed by atoms with Crippen LogP contribution in [0.25, 0.3) is 28.5 Å². The van der Waals surface area contributed by atoms with E-state index in [2.05, 4.69) is 20.2 Å². The van der Waals surface area contributed by atoms with Crippen LogP contribution < -0.4 is 5.73 Å². The van der Waals surface area contributed by atoms with Crippen molar-refractivity contribution >= 4 is 5.91 Å². The Morgan fingerprint density at radius 3 is 2.69 bits per heavy atom. The second-order valence-electron chi connectivity index (χ2n) is 8.30. The maximum absolute atomic E-state index is 14.0. The number of oxazole rings is 1. The lowest BCUT2D eigenvalue weighted by Gasteiger charge is -2.28. The molecular formula is C23H23F2N7O3. The summed E-state index contributed by atoms with van der Waals surface area (Å²) in [4.78, 5) is 19.2. The van der Waals surface area contributed by atoms with Gasteiger partial charge in [-0.2, -0.15) is 14.6 Å². The molecule has 4 heterocycles. The van der Waals surface area contributed by atoms with Crippen LogP contribution in [0.4, 0.5) is 8.78 Å². The zero-order valence-electron chi connectivity index (χ0n) is 18.9. The van der Waals surface area contributed by atoms with E-state index in [1.807, 2.05) is 6.92 Å². The lowest BCUT2D eigenvalue weighted by Crippen LogP contribution is -2.24. The van der Waals surface area contributed by atoms with E-state index < -0.39 is 17.7 Å². The van der Waals surface area contributed by atoms with Gasteiger partial charge in [-0.15, -0.1) is 0 Å². The summed E-state index contributed by atoms with van der Waals surface area (Å²) in [7, 11) is 0. The van der Waals surface area contributed by atoms with Crippen molar-refractivity contribution in [2.45, 2.75) is 44.8 Å². The van der Waals surface area contributed by atoms with E-state index in [1.165, 1.54) is 10.9 Å². The van der Waals surface area contributed by atoms with Crippen molar-refractivity contribution in [3.8, 4) is 28.5 Å². The molecule has 35 heavy (non-hydrogen) atoms. The number of primary amides is 1. The van der Waals surface area contributed by atoms with E-state index in [-0.39, 0.29) is 35.1 Å². The number of nitrogens with zero attached hydrogens (tertiary/aromatic N) is 6. The zero-order chi connectivity index (χ0) is 24.5. The molecule has 1 aliphatic rings. The van der Waals surface area contributed by atoms with Gasteiger partial charge in [-0.25, -0.2) is 19.0 Å². The molecule has 12 heteroatoms. The van der Waals surface area contributed by atoms with Crippen LogP contribution in [0.1, 0.15) is 49.1 Å². The molecule has 0 spiro atoms. The summed E-state index contributed by atoms with van der Waals surface area (Å²) in [5.41, 5.74) is 6.50. The van der Waals surface area contributed by atoms with Gasteiger partial charge in [0.2, 0.25) is 11.8 Å². The van der Waals surface area contributed by atoms with Crippen molar-refractivity contribution in [1.29, 1.82) is 0 Å². The van der Waals surface area contributed by atoms with Crippen LogP contribution in [-0.4, -0.2) is 48.1 Å². The number of pyridine rings is 1. The van der Waals surface area contributed by atoms with Crippen molar-refractivity contribution in [3.63, 3.8) is 0 Å². The molecular weight excluding hydrogens is 460 g/mol. The predicted octanol–water partition coefficient (Wildman–Crippen LogP) is 3.68. The second kappa shape index (κ2) is 9.37. The predicted molar refractivity (Wildman–Crippen MR) is 119 cm³/mol. The highest BCUT2D eigenvalue weighted by Crippen LogP contribution is 2.33. The molecule has 0 unspecified atom stereocenters. The third-order valence-corrected chi connectivity index (χ3v) is 5.97. The van der Waals surface area contributed by atoms with Gasteiger partial charge < -0.3 is 14.9 Å². The van der Waals surface area contributed by atoms with E-state index >= 15 is 0 Å². The molecule has 0 radical (unpaired) electrons. The maximum atomic E-state index is 14.0. The SMILES string of the molecule is CCOC1CCC(n2cc(-n3cc(-c4nc(C(N)=O)co4)cn3)c(-c3cc(F)cc(F)n3)n2)CC1. The van der Waals surface area contributed by atoms with Crippen molar-refractivity contribution < 1.29 is 22.7 Å². The third-order valence-electron chi connectivity index (χ3n) is 5.97. The second-order valence-corrected chi connectivity index (χ2v) is 8.30. The number of amides is 1. The molecule has 0 aromatic carbocycles. The van der Waals surface area contributed by atoms with E-state index in [1.54, 1.807) is 17.1 Å². The molecule has 1 aliphatic carbocycles. The molecule has 0 atom stereocenters. The molecule has 4 aromatic heterocycles. The van der Waals surface area contributed by atoms with Crippen LogP contribution in [0.15, 0.2) is 41.4 Å². The monoisotopic (exact) mass is 483 g/mol. The Hall–Kier alpha value is -3.93. The topological polar surface area (TPSA) is 127 Å². The van der Waals surface area contributed by atoms with Crippen molar-refractivity contribution in [1.82, 2.24) is 29.5 Å². The number of aromatic nitrogens is 6. The number of carbonyl (C=O) groups excluding carboxylic acids is 1. The summed E-state index contributed by atoms with van der Waals surface area (Å²) in [5, 5.41) is 9.02. The Labute approximate surface area is 198 Å². The largest absolute Gasteiger partial charge is 0.444 e. The number of carbonyl (C=O) groups is 1. The Balaban J connectivity index is 1.52. The van der Waals surface area contributed by atoms with E-state index in [0.717, 1.165) is 38.0 Å². The highest BCUT2D eigenvalue weighted by molar-refractivity contribution is 5.90. The van der Waals surface area contributed by atoms with Crippen molar-refractivity contribution in [2.75, 3.05) is 6.61 Å². The number of rotatable bonds is 7. The van der Waals surface area contributed by atoms with Crippen LogP contribution >= 0.6 is 0 Å². The molecule has 182 valence electrons. The summed E-state index contributed by atoms with van der Waals surface area (Å²) in [6, 6.07) is 1.93. The Morgan fingerprint density at radius 1 is 1.20 bits per heavy atom. The summed E-state index contributed by atoms with van der Waals surface area (Å²) >= 11 is 0. The number of hydrogen-bond donors (Lipinski definition) is 1. The normalized spacial score (nSPS) is 18.1. The van der Waals surface area contributed by atoms with Crippen LogP contribution in [0.2, 0.25) is 0 Å². The van der Waals surface area contributed by atoms with Crippen molar-refractivity contribution in [2.24, 2.45) is 5.73 Å². The Bertz CT molecular complexity index is 1330. The number of halogens is 2. The number of hydrogen-bond acceptors (Lipinski definition) is 7. The minimum Gasteiger partial charge on any atom is -0.444 e. The van der Waals surface area contributed by atoms with Crippen molar-refractivity contribution in [3.05, 3.63) is 54.4 Å². The first-order valence-electron chi connectivity index (χ1n) is 11.3. The van der Waals surface area contributed by atoms with Gasteiger partial charge in [0.25, 0.3) is 5.91 Å². The first-order chi connectivity index (χ1) is 16.9. The molecule has 1 amide bonds. The van der Waals surface area contributed by atoms with Gasteiger partial charge in [0, 0.05) is 24.9 Å². The smallest absolute Gasteiger partial charge is 0.270 e. The molecule has 5 rings (SSSR count). The number of ether oxygens (including phenoxy) is 1. The quantitative estimate of drug-likeness (QED) is 0.397. The molecule has 0 aliphatic heterocycles. The molecule has 1 saturated carbocycles. The highest BCUT2D eigenvalue weighted by Gasteiger charge is 2.26. The Kier molecular flexibility index (Phi) is 6.12. The van der Waals surface area contributed by atoms with Gasteiger partial charge in [0.05, 0.1) is 35.8 Å². The first kappa shape index (κ1) is 22.8. The van der Waals surface area contributed by atoms with E-state index in [9.17, 15) is 13.6 Å². The molecule has 2 N–H and O–H groups in total. The third kappa shape index (κ3) is 4.69. The number of nitrogens with two attached hydrogens (primary N) is 1. The minimum atomic E-state index is -0.947. The zero-order valence-corrected chi connectivity index (χ0v) is 18.9. The summed E-state index contributed by atoms with van der Waals surface area (Å²) in [6.45, 7) is 2.66. The molecule has 10 nitrogen and oxygen atoms in total. The van der Waals surface area contributed by atoms with Crippen LogP contribution in [0, 0.1) is 11.8 Å². The van der Waals surface area contributed by atoms with Crippen LogP contribution in [-0.2, 0) is 4.74 Å². The summed E-state index contributed by atoms with van der Waals surface area (Å²) < 4.78 is 42.3. The van der Waals surface area contributed by atoms with Gasteiger partial charge in [-0.05, 0) is 32.6 Å². The fourth-order valence-corrected chi connectivity index (χ4v) is 4.30. The lowest BCUT2D eigenvalue weighted by atomic mass is 9.93. The fourth-order valence-electron chi connectivity index (χ4n) is 4.30. The average Bonchev–Trinajstić information content (AvgIpc) is 3.57. The average molecular weight is 483 g/mol. The minimum absolute atomic E-state index is 0.0108. The van der Waals surface area contributed by atoms with E-state index in [0.29, 0.717) is 23.9 Å². The van der Waals surface area contributed by atoms with Gasteiger partial charge in [0.1, 0.15) is 23.5 Å². The van der Waals surface area contributed by atoms with Gasteiger partial charge >= 0.3 is 0 Å². The highest BCUT2D eigenvalue weighted by atomic mass is 19.1. The van der Waals surface area contributed by atoms with Gasteiger partial charge in [-0.3, -0.25) is 9.48 Å². The molecule has 0 bridgehead atoms. The Morgan fingerprint density at radius 2 is 2.00 bits per heavy atom. The van der Waals surface area contributed by atoms with Gasteiger partial charge in [0.15, 0.2) is 5.69 Å². The molecule has 1 fully saturated rings. The standard InChI is InChI=1S/C23H23F2N7O3/c1-2-34-16-5-3-15(4-6-16)31-11-19(21(30-31)17-7-14(24)8-20(25)28-17)32-10-13(9-27-32)23-29-18(12-35-23)22(26)33/h7-12,15-16H,2-6H2,1H3,(H2,26,33). The van der Waals surface area contributed by atoms with Gasteiger partial charge in [-0.1, -0.05) is 0 Å². The molecule has 0 saturated heterocycles. The van der Waals surface area contributed by atoms with Crippen LogP contribution in [0.5, 0.6) is 0 Å². The maximum Gasteiger partial charge on any atom is 0.270 e.